The zero-order valence-electron chi connectivity index (χ0n) is 19.3. The van der Waals surface area contributed by atoms with Crippen LogP contribution in [-0.4, -0.2) is 39.8 Å². The van der Waals surface area contributed by atoms with Gasteiger partial charge in [-0.2, -0.15) is 0 Å². The highest BCUT2D eigenvalue weighted by atomic mass is 16.4. The van der Waals surface area contributed by atoms with Crippen LogP contribution in [0.5, 0.6) is 0 Å². The highest BCUT2D eigenvalue weighted by Gasteiger charge is 2.29. The van der Waals surface area contributed by atoms with Crippen molar-refractivity contribution in [3.8, 4) is 0 Å². The van der Waals surface area contributed by atoms with E-state index in [0.717, 1.165) is 11.3 Å². The summed E-state index contributed by atoms with van der Waals surface area (Å²) < 4.78 is 0. The van der Waals surface area contributed by atoms with Crippen molar-refractivity contribution >= 4 is 41.3 Å². The minimum absolute atomic E-state index is 0. The lowest BCUT2D eigenvalue weighted by molar-refractivity contribution is -0.386. The molecule has 36 heavy (non-hydrogen) atoms. The highest BCUT2D eigenvalue weighted by Crippen LogP contribution is 2.21. The van der Waals surface area contributed by atoms with Crippen molar-refractivity contribution in [1.29, 1.82) is 0 Å². The fourth-order valence-electron chi connectivity index (χ4n) is 3.70. The highest BCUT2D eigenvalue weighted by molar-refractivity contribution is 6.42. The maximum absolute atomic E-state index is 11.9. The first-order chi connectivity index (χ1) is 17.5. The molecule has 0 atom stereocenters. The van der Waals surface area contributed by atoms with Gasteiger partial charge in [0.1, 0.15) is 11.3 Å². The van der Waals surface area contributed by atoms with Gasteiger partial charge in [0.05, 0.1) is 23.4 Å². The Hall–Kier alpha value is -4.91. The number of benzene rings is 2. The summed E-state index contributed by atoms with van der Waals surface area (Å²) in [7, 11) is 0. The Morgan fingerprint density at radius 1 is 0.889 bits per heavy atom. The van der Waals surface area contributed by atoms with E-state index in [1.54, 1.807) is 24.3 Å². The van der Waals surface area contributed by atoms with Crippen LogP contribution in [0, 0.1) is 0 Å². The molecule has 0 saturated heterocycles. The number of rotatable bonds is 9. The minimum Gasteiger partial charge on any atom is -0.478 e. The normalized spacial score (nSPS) is 16.2. The summed E-state index contributed by atoms with van der Waals surface area (Å²) in [5.74, 6) is -2.15. The van der Waals surface area contributed by atoms with Crippen molar-refractivity contribution in [2.24, 2.45) is 9.98 Å². The third-order valence-corrected chi connectivity index (χ3v) is 5.49. The molecule has 0 aromatic heterocycles. The van der Waals surface area contributed by atoms with Gasteiger partial charge < -0.3 is 10.2 Å². The lowest BCUT2D eigenvalue weighted by atomic mass is 10.1. The van der Waals surface area contributed by atoms with E-state index in [2.05, 4.69) is 15.0 Å². The fraction of sp³-hybridized carbons (Fsp3) is 0.0690. The summed E-state index contributed by atoms with van der Waals surface area (Å²) >= 11 is 0. The molecule has 0 saturated carbocycles. The molecular weight excluding hydrogens is 454 g/mol. The van der Waals surface area contributed by atoms with Crippen molar-refractivity contribution in [3.63, 3.8) is 0 Å². The van der Waals surface area contributed by atoms with Gasteiger partial charge in [0.25, 0.3) is 0 Å². The fourth-order valence-corrected chi connectivity index (χ4v) is 3.70. The maximum atomic E-state index is 11.9. The summed E-state index contributed by atoms with van der Waals surface area (Å²) in [5.41, 5.74) is 4.10. The van der Waals surface area contributed by atoms with Gasteiger partial charge >= 0.3 is 11.9 Å². The van der Waals surface area contributed by atoms with Crippen molar-refractivity contribution in [1.82, 2.24) is 0 Å². The summed E-state index contributed by atoms with van der Waals surface area (Å²) in [6.45, 7) is 0. The van der Waals surface area contributed by atoms with Crippen LogP contribution in [0.3, 0.4) is 0 Å². The average Bonchev–Trinajstić information content (AvgIpc) is 3.55. The Kier molecular flexibility index (Phi) is 7.73. The molecule has 3 N–H and O–H groups in total. The topological polar surface area (TPSA) is 113 Å². The first kappa shape index (κ1) is 24.2. The van der Waals surface area contributed by atoms with Gasteiger partial charge in [-0.1, -0.05) is 66.8 Å². The number of carboxylic acids is 2. The van der Waals surface area contributed by atoms with Gasteiger partial charge in [-0.15, -0.1) is 0 Å². The number of carbonyl (C=O) groups is 2. The molecule has 0 radical (unpaired) electrons. The number of para-hydroxylation sites is 1. The number of nitrogens with zero attached hydrogens (tertiary/aromatic N) is 2. The van der Waals surface area contributed by atoms with Crippen molar-refractivity contribution in [2.75, 3.05) is 0 Å². The number of carboxylic acid groups (broad SMARTS) is 2. The predicted octanol–water partition coefficient (Wildman–Crippen LogP) is 3.91. The van der Waals surface area contributed by atoms with E-state index >= 15 is 0 Å². The van der Waals surface area contributed by atoms with Crippen LogP contribution in [0.15, 0.2) is 124 Å². The molecule has 0 fully saturated rings. The number of hydrogen-bond donors (Lipinski definition) is 3. The van der Waals surface area contributed by atoms with E-state index in [0.29, 0.717) is 35.6 Å². The van der Waals surface area contributed by atoms with Gasteiger partial charge in [-0.05, 0) is 35.9 Å². The molecule has 2 aliphatic heterocycles. The average molecular weight is 481 g/mol. The second kappa shape index (κ2) is 11.5. The van der Waals surface area contributed by atoms with E-state index in [9.17, 15) is 19.8 Å². The molecule has 7 nitrogen and oxygen atoms in total. The first-order valence-electron chi connectivity index (χ1n) is 11.3. The number of nitrogens with one attached hydrogen (secondary N) is 1. The molecule has 2 aromatic carbocycles. The number of aliphatic imine (C=N–C) groups is 2. The molecule has 7 heteroatoms. The second-order valence-corrected chi connectivity index (χ2v) is 7.93. The van der Waals surface area contributed by atoms with Gasteiger partial charge in [-0.25, -0.2) is 19.6 Å². The lowest BCUT2D eigenvalue weighted by Gasteiger charge is -1.99. The van der Waals surface area contributed by atoms with Crippen LogP contribution >= 0.6 is 0 Å². The summed E-state index contributed by atoms with van der Waals surface area (Å²) in [6.07, 6.45) is 12.4. The molecule has 0 bridgehead atoms. The van der Waals surface area contributed by atoms with E-state index in [1.807, 2.05) is 66.7 Å². The van der Waals surface area contributed by atoms with Gasteiger partial charge in [0, 0.05) is 14.1 Å². The van der Waals surface area contributed by atoms with E-state index in [-0.39, 0.29) is 12.6 Å². The lowest BCUT2D eigenvalue weighted by Crippen LogP contribution is -2.70. The van der Waals surface area contributed by atoms with Crippen LogP contribution in [0.25, 0.3) is 6.08 Å². The second-order valence-electron chi connectivity index (χ2n) is 7.93. The van der Waals surface area contributed by atoms with E-state index < -0.39 is 11.9 Å². The van der Waals surface area contributed by atoms with Gasteiger partial charge in [0.15, 0.2) is 0 Å². The largest absolute Gasteiger partial charge is 0.478 e. The summed E-state index contributed by atoms with van der Waals surface area (Å²) in [5, 5.41) is 19.4. The molecule has 2 aromatic rings. The Morgan fingerprint density at radius 2 is 1.58 bits per heavy atom. The molecule has 0 aliphatic carbocycles. The Balaban J connectivity index is 0.00000380. The summed E-state index contributed by atoms with van der Waals surface area (Å²) in [6, 6.07) is 18.8. The van der Waals surface area contributed by atoms with Crippen LogP contribution < -0.4 is 4.99 Å². The molecule has 0 amide bonds. The molecule has 180 valence electrons. The predicted molar refractivity (Wildman–Crippen MR) is 142 cm³/mol. The Morgan fingerprint density at radius 3 is 2.28 bits per heavy atom. The Bertz CT molecular complexity index is 1300. The monoisotopic (exact) mass is 480 g/mol. The quantitative estimate of drug-likeness (QED) is 0.287. The molecule has 2 heterocycles. The number of allylic oxidation sites excluding steroid dienone is 5. The van der Waals surface area contributed by atoms with E-state index in [4.69, 9.17) is 0 Å². The Labute approximate surface area is 209 Å². The minimum atomic E-state index is -1.10. The molecular formula is C29H26N3O4+. The van der Waals surface area contributed by atoms with E-state index in [1.165, 1.54) is 12.3 Å². The van der Waals surface area contributed by atoms with Crippen molar-refractivity contribution in [3.05, 3.63) is 119 Å². The van der Waals surface area contributed by atoms with Crippen LogP contribution in [0.1, 0.15) is 19.8 Å². The SMILES string of the molecule is O=C(O)/C(=C\C=Nc1ccccc1)C1=CCC(C2=[NH+]C(/C(=C/C=C/c3ccccc3)C(=O)O)=CC2)=N1.[HH]. The third-order valence-electron chi connectivity index (χ3n) is 5.49. The zero-order chi connectivity index (χ0) is 25.3. The number of hydrogen-bond acceptors (Lipinski definition) is 4. The molecule has 4 rings (SSSR count). The summed E-state index contributed by atoms with van der Waals surface area (Å²) in [4.78, 5) is 35.6. The van der Waals surface area contributed by atoms with Gasteiger partial charge in [0.2, 0.25) is 11.4 Å². The maximum Gasteiger partial charge on any atom is 0.342 e. The molecule has 0 unspecified atom stereocenters. The number of aliphatic carboxylic acids is 2. The molecule has 2 aliphatic rings. The third kappa shape index (κ3) is 6.15. The van der Waals surface area contributed by atoms with Crippen molar-refractivity contribution in [2.45, 2.75) is 12.8 Å². The smallest absolute Gasteiger partial charge is 0.342 e. The standard InChI is InChI=1S/C29H23N3O4.H2/c33-28(34)22(13-7-10-20-8-3-1-4-9-20)24-14-16-26(31-24)27-17-15-25(32-27)23(29(35)36)18-19-30-21-11-5-2-6-12-21;/h1-15,18-19H,16-17H2,(H,33,34)(H,35,36);1H/p+1/b10-7+,22-13-,23-18-,30-19?;. The first-order valence-corrected chi connectivity index (χ1v) is 11.3. The van der Waals surface area contributed by atoms with Crippen molar-refractivity contribution < 1.29 is 26.2 Å². The van der Waals surface area contributed by atoms with Gasteiger partial charge in [-0.3, -0.25) is 4.99 Å². The molecule has 0 spiro atoms. The van der Waals surface area contributed by atoms with Crippen LogP contribution in [-0.2, 0) is 9.59 Å². The van der Waals surface area contributed by atoms with Crippen LogP contribution in [0.2, 0.25) is 0 Å². The van der Waals surface area contributed by atoms with Crippen LogP contribution in [0.4, 0.5) is 5.69 Å². The zero-order valence-corrected chi connectivity index (χ0v) is 19.3.